The summed E-state index contributed by atoms with van der Waals surface area (Å²) in [7, 11) is 3.93. The van der Waals surface area contributed by atoms with Crippen molar-refractivity contribution in [2.24, 2.45) is 7.05 Å². The Bertz CT molecular complexity index is 259. The molecule has 1 aromatic heterocycles. The lowest BCUT2D eigenvalue weighted by molar-refractivity contribution is 0.500. The van der Waals surface area contributed by atoms with Gasteiger partial charge in [-0.1, -0.05) is 18.5 Å². The number of halogens is 1. The van der Waals surface area contributed by atoms with Gasteiger partial charge < -0.3 is 5.32 Å². The summed E-state index contributed by atoms with van der Waals surface area (Å²) in [5.41, 5.74) is 1.13. The highest BCUT2D eigenvalue weighted by atomic mass is 35.5. The number of rotatable bonds is 5. The Morgan fingerprint density at radius 1 is 1.64 bits per heavy atom. The van der Waals surface area contributed by atoms with Crippen molar-refractivity contribution in [3.05, 3.63) is 16.9 Å². The Morgan fingerprint density at radius 2 is 2.36 bits per heavy atom. The standard InChI is InChI=1S/C10H18ClN3/c1-4-8(12-2)5-6-10-9(11)7-13-14(10)3/h7-8,12H,4-6H2,1-3H3. The van der Waals surface area contributed by atoms with Crippen molar-refractivity contribution in [2.75, 3.05) is 7.05 Å². The third-order valence-corrected chi connectivity index (χ3v) is 2.96. The quantitative estimate of drug-likeness (QED) is 0.815. The second kappa shape index (κ2) is 5.37. The van der Waals surface area contributed by atoms with Crippen molar-refractivity contribution in [3.63, 3.8) is 0 Å². The van der Waals surface area contributed by atoms with Crippen LogP contribution >= 0.6 is 11.6 Å². The van der Waals surface area contributed by atoms with E-state index < -0.39 is 0 Å². The molecule has 0 saturated carbocycles. The van der Waals surface area contributed by atoms with E-state index >= 15 is 0 Å². The number of nitrogens with zero attached hydrogens (tertiary/aromatic N) is 2. The van der Waals surface area contributed by atoms with Gasteiger partial charge in [-0.25, -0.2) is 0 Å². The highest BCUT2D eigenvalue weighted by Gasteiger charge is 2.09. The minimum absolute atomic E-state index is 0.570. The first-order chi connectivity index (χ1) is 6.69. The minimum atomic E-state index is 0.570. The Morgan fingerprint density at radius 3 is 2.79 bits per heavy atom. The summed E-state index contributed by atoms with van der Waals surface area (Å²) < 4.78 is 1.85. The fourth-order valence-electron chi connectivity index (χ4n) is 1.58. The van der Waals surface area contributed by atoms with Gasteiger partial charge in [0.25, 0.3) is 0 Å². The molecule has 1 heterocycles. The lowest BCUT2D eigenvalue weighted by Gasteiger charge is -2.13. The van der Waals surface area contributed by atoms with E-state index in [0.29, 0.717) is 6.04 Å². The summed E-state index contributed by atoms with van der Waals surface area (Å²) in [5.74, 6) is 0. The fraction of sp³-hybridized carbons (Fsp3) is 0.700. The molecule has 0 saturated heterocycles. The van der Waals surface area contributed by atoms with Crippen LogP contribution in [0, 0.1) is 0 Å². The van der Waals surface area contributed by atoms with Crippen LogP contribution in [0.25, 0.3) is 0 Å². The van der Waals surface area contributed by atoms with Gasteiger partial charge in [0.2, 0.25) is 0 Å². The van der Waals surface area contributed by atoms with E-state index in [4.69, 9.17) is 11.6 Å². The van der Waals surface area contributed by atoms with E-state index in [0.717, 1.165) is 30.0 Å². The molecule has 1 atom stereocenters. The van der Waals surface area contributed by atoms with E-state index in [2.05, 4.69) is 17.3 Å². The van der Waals surface area contributed by atoms with Crippen molar-refractivity contribution >= 4 is 11.6 Å². The SMILES string of the molecule is CCC(CCc1c(Cl)cnn1C)NC. The molecule has 0 amide bonds. The molecular formula is C10H18ClN3. The lowest BCUT2D eigenvalue weighted by atomic mass is 10.1. The number of hydrogen-bond acceptors (Lipinski definition) is 2. The molecule has 1 rings (SSSR count). The summed E-state index contributed by atoms with van der Waals surface area (Å²) in [6.07, 6.45) is 4.93. The molecule has 4 heteroatoms. The smallest absolute Gasteiger partial charge is 0.0817 e. The zero-order valence-corrected chi connectivity index (χ0v) is 9.80. The van der Waals surface area contributed by atoms with Crippen molar-refractivity contribution in [1.29, 1.82) is 0 Å². The van der Waals surface area contributed by atoms with Gasteiger partial charge in [0.15, 0.2) is 0 Å². The largest absolute Gasteiger partial charge is 0.317 e. The van der Waals surface area contributed by atoms with Crippen LogP contribution in [0.5, 0.6) is 0 Å². The van der Waals surface area contributed by atoms with Crippen molar-refractivity contribution < 1.29 is 0 Å². The number of hydrogen-bond donors (Lipinski definition) is 1. The Balaban J connectivity index is 2.52. The highest BCUT2D eigenvalue weighted by Crippen LogP contribution is 2.16. The van der Waals surface area contributed by atoms with E-state index in [9.17, 15) is 0 Å². The van der Waals surface area contributed by atoms with Crippen LogP contribution < -0.4 is 5.32 Å². The zero-order valence-electron chi connectivity index (χ0n) is 9.05. The number of nitrogens with one attached hydrogen (secondary N) is 1. The fourth-order valence-corrected chi connectivity index (χ4v) is 1.84. The molecule has 80 valence electrons. The average molecular weight is 216 g/mol. The third-order valence-electron chi connectivity index (χ3n) is 2.64. The van der Waals surface area contributed by atoms with Crippen molar-refractivity contribution in [2.45, 2.75) is 32.2 Å². The molecule has 0 radical (unpaired) electrons. The average Bonchev–Trinajstić information content (AvgIpc) is 2.50. The molecule has 0 fully saturated rings. The van der Waals surface area contributed by atoms with Gasteiger partial charge in [-0.3, -0.25) is 4.68 Å². The molecule has 0 bridgehead atoms. The van der Waals surface area contributed by atoms with Gasteiger partial charge in [0, 0.05) is 13.1 Å². The first kappa shape index (κ1) is 11.5. The minimum Gasteiger partial charge on any atom is -0.317 e. The van der Waals surface area contributed by atoms with E-state index in [-0.39, 0.29) is 0 Å². The predicted octanol–water partition coefficient (Wildman–Crippen LogP) is 2.00. The Labute approximate surface area is 90.4 Å². The van der Waals surface area contributed by atoms with Gasteiger partial charge in [-0.15, -0.1) is 0 Å². The van der Waals surface area contributed by atoms with Crippen LogP contribution in [0.4, 0.5) is 0 Å². The maximum absolute atomic E-state index is 6.01. The summed E-state index contributed by atoms with van der Waals surface area (Å²) in [5, 5.41) is 8.17. The summed E-state index contributed by atoms with van der Waals surface area (Å²) in [4.78, 5) is 0. The van der Waals surface area contributed by atoms with Crippen LogP contribution in [0.15, 0.2) is 6.20 Å². The third kappa shape index (κ3) is 2.72. The number of aryl methyl sites for hydroxylation is 1. The second-order valence-corrected chi connectivity index (χ2v) is 3.90. The normalized spacial score (nSPS) is 13.1. The van der Waals surface area contributed by atoms with Gasteiger partial charge in [0.1, 0.15) is 0 Å². The lowest BCUT2D eigenvalue weighted by Crippen LogP contribution is -2.25. The van der Waals surface area contributed by atoms with Gasteiger partial charge in [-0.2, -0.15) is 5.10 Å². The first-order valence-electron chi connectivity index (χ1n) is 5.02. The number of aromatic nitrogens is 2. The summed E-state index contributed by atoms with van der Waals surface area (Å²) >= 11 is 6.01. The summed E-state index contributed by atoms with van der Waals surface area (Å²) in [6, 6.07) is 0.570. The van der Waals surface area contributed by atoms with Crippen LogP contribution in [0.2, 0.25) is 5.02 Å². The monoisotopic (exact) mass is 215 g/mol. The van der Waals surface area contributed by atoms with Gasteiger partial charge in [-0.05, 0) is 26.3 Å². The van der Waals surface area contributed by atoms with Crippen LogP contribution in [-0.4, -0.2) is 22.9 Å². The van der Waals surface area contributed by atoms with Crippen molar-refractivity contribution in [1.82, 2.24) is 15.1 Å². The molecule has 0 aliphatic heterocycles. The maximum Gasteiger partial charge on any atom is 0.0817 e. The zero-order chi connectivity index (χ0) is 10.6. The van der Waals surface area contributed by atoms with E-state index in [1.807, 2.05) is 18.8 Å². The molecule has 0 aromatic carbocycles. The van der Waals surface area contributed by atoms with Crippen LogP contribution in [0.1, 0.15) is 25.5 Å². The molecule has 0 aliphatic carbocycles. The molecule has 0 aliphatic rings. The predicted molar refractivity (Wildman–Crippen MR) is 59.7 cm³/mol. The van der Waals surface area contributed by atoms with E-state index in [1.54, 1.807) is 6.20 Å². The van der Waals surface area contributed by atoms with Gasteiger partial charge >= 0.3 is 0 Å². The second-order valence-electron chi connectivity index (χ2n) is 3.50. The Hall–Kier alpha value is -0.540. The first-order valence-corrected chi connectivity index (χ1v) is 5.40. The Kier molecular flexibility index (Phi) is 4.42. The van der Waals surface area contributed by atoms with Crippen molar-refractivity contribution in [3.8, 4) is 0 Å². The molecule has 3 nitrogen and oxygen atoms in total. The van der Waals surface area contributed by atoms with Gasteiger partial charge in [0.05, 0.1) is 16.9 Å². The molecule has 1 N–H and O–H groups in total. The molecular weight excluding hydrogens is 198 g/mol. The summed E-state index contributed by atoms with van der Waals surface area (Å²) in [6.45, 7) is 2.19. The maximum atomic E-state index is 6.01. The molecule has 0 spiro atoms. The topological polar surface area (TPSA) is 29.9 Å². The molecule has 1 aromatic rings. The molecule has 14 heavy (non-hydrogen) atoms. The highest BCUT2D eigenvalue weighted by molar-refractivity contribution is 6.31. The van der Waals surface area contributed by atoms with Crippen LogP contribution in [0.3, 0.4) is 0 Å². The van der Waals surface area contributed by atoms with E-state index in [1.165, 1.54) is 0 Å². The van der Waals surface area contributed by atoms with Crippen LogP contribution in [-0.2, 0) is 13.5 Å². The molecule has 1 unspecified atom stereocenters.